The molecule has 0 spiro atoms. The molecule has 0 radical (unpaired) electrons. The molecule has 2 aromatic carbocycles. The number of aliphatic hydroxyl groups excluding tert-OH is 1. The van der Waals surface area contributed by atoms with Crippen LogP contribution in [0.4, 0.5) is 8.78 Å². The third-order valence-electron chi connectivity index (χ3n) is 8.85. The van der Waals surface area contributed by atoms with E-state index in [2.05, 4.69) is 10.6 Å². The van der Waals surface area contributed by atoms with Crippen molar-refractivity contribution in [2.24, 2.45) is 11.1 Å². The van der Waals surface area contributed by atoms with E-state index in [4.69, 9.17) is 5.73 Å². The predicted octanol–water partition coefficient (Wildman–Crippen LogP) is 3.27. The molecule has 1 aliphatic rings. The average molecular weight is 783 g/mol. The minimum Gasteiger partial charge on any atom is -0.480 e. The smallest absolute Gasteiger partial charge is 0.327 e. The second kappa shape index (κ2) is 19.5. The van der Waals surface area contributed by atoms with Gasteiger partial charge in [0.1, 0.15) is 30.4 Å². The van der Waals surface area contributed by atoms with Crippen LogP contribution in [0, 0.1) is 17.0 Å². The molecule has 3 aromatic rings. The summed E-state index contributed by atoms with van der Waals surface area (Å²) in [5.41, 5.74) is 7.49. The number of hydrogen-bond acceptors (Lipinski definition) is 8. The molecule has 13 nitrogen and oxygen atoms in total. The minimum atomic E-state index is -1.34. The zero-order valence-electron chi connectivity index (χ0n) is 31.0. The highest BCUT2D eigenvalue weighted by Crippen LogP contribution is 2.41. The Bertz CT molecular complexity index is 1870. The van der Waals surface area contributed by atoms with E-state index in [-0.39, 0.29) is 42.5 Å². The maximum absolute atomic E-state index is 15.1. The Morgan fingerprint density at radius 1 is 1.05 bits per heavy atom. The lowest BCUT2D eigenvalue weighted by Crippen LogP contribution is -2.46. The van der Waals surface area contributed by atoms with Gasteiger partial charge in [0.2, 0.25) is 23.6 Å². The second-order valence-corrected chi connectivity index (χ2v) is 15.2. The number of rotatable bonds is 19. The molecule has 1 aromatic heterocycles. The topological polar surface area (TPSA) is 187 Å². The Balaban J connectivity index is 1.48. The van der Waals surface area contributed by atoms with Crippen LogP contribution < -0.4 is 16.4 Å². The Morgan fingerprint density at radius 3 is 2.42 bits per heavy atom. The van der Waals surface area contributed by atoms with Crippen molar-refractivity contribution in [2.75, 3.05) is 37.7 Å². The van der Waals surface area contributed by atoms with Gasteiger partial charge in [-0.25, -0.2) is 13.6 Å². The van der Waals surface area contributed by atoms with Crippen molar-refractivity contribution in [1.29, 1.82) is 0 Å². The molecule has 55 heavy (non-hydrogen) atoms. The number of nitrogens with two attached hydrogens (primary N) is 1. The number of halogens is 2. The lowest BCUT2D eigenvalue weighted by molar-refractivity contribution is -0.141. The molecule has 1 aliphatic heterocycles. The summed E-state index contributed by atoms with van der Waals surface area (Å²) in [5.74, 6) is -4.86. The molecule has 296 valence electrons. The molecule has 6 N–H and O–H groups in total. The number of carbonyl (C=O) groups is 5. The van der Waals surface area contributed by atoms with Crippen LogP contribution in [0.15, 0.2) is 72.9 Å². The van der Waals surface area contributed by atoms with Crippen molar-refractivity contribution in [3.05, 3.63) is 95.8 Å². The third-order valence-corrected chi connectivity index (χ3v) is 9.87. The highest BCUT2D eigenvalue weighted by molar-refractivity contribution is 8.00. The SMILES string of the molecule is CC(C)(C)[C@H](c1cc(-c2cc(F)ccc2F)cn1Cc1ccccc1)N(CCCN)C(=O)CSC[C@H](NC(=O)CCNC(=O)CN1C(=O)C=CC1O)C(=O)O. The number of carboxylic acids is 1. The number of aliphatic hydroxyl groups is 1. The van der Waals surface area contributed by atoms with Gasteiger partial charge in [-0.05, 0) is 54.3 Å². The first-order valence-electron chi connectivity index (χ1n) is 17.8. The van der Waals surface area contributed by atoms with Gasteiger partial charge < -0.3 is 40.9 Å². The molecule has 3 atom stereocenters. The minimum absolute atomic E-state index is 0.0798. The summed E-state index contributed by atoms with van der Waals surface area (Å²) in [7, 11) is 0. The van der Waals surface area contributed by atoms with Crippen LogP contribution in [0.1, 0.15) is 50.9 Å². The van der Waals surface area contributed by atoms with Gasteiger partial charge in [-0.3, -0.25) is 19.2 Å². The van der Waals surface area contributed by atoms with E-state index in [0.717, 1.165) is 46.5 Å². The summed E-state index contributed by atoms with van der Waals surface area (Å²) in [6.45, 7) is 6.31. The molecule has 4 amide bonds. The molecule has 0 fully saturated rings. The lowest BCUT2D eigenvalue weighted by atomic mass is 9.83. The maximum Gasteiger partial charge on any atom is 0.327 e. The van der Waals surface area contributed by atoms with Gasteiger partial charge in [-0.1, -0.05) is 51.1 Å². The van der Waals surface area contributed by atoms with Crippen LogP contribution in [-0.4, -0.2) is 104 Å². The summed E-state index contributed by atoms with van der Waals surface area (Å²) in [6.07, 6.45) is 3.13. The average Bonchev–Trinajstić information content (AvgIpc) is 3.67. The summed E-state index contributed by atoms with van der Waals surface area (Å²) in [5, 5.41) is 24.5. The molecule has 0 saturated carbocycles. The van der Waals surface area contributed by atoms with E-state index < -0.39 is 65.6 Å². The van der Waals surface area contributed by atoms with Crippen molar-refractivity contribution in [3.63, 3.8) is 0 Å². The molecular weight excluding hydrogens is 735 g/mol. The number of hydrogen-bond donors (Lipinski definition) is 5. The fraction of sp³-hybridized carbons (Fsp3) is 0.410. The highest BCUT2D eigenvalue weighted by Gasteiger charge is 2.37. The van der Waals surface area contributed by atoms with Gasteiger partial charge in [-0.15, -0.1) is 11.8 Å². The van der Waals surface area contributed by atoms with Crippen molar-refractivity contribution in [1.82, 2.24) is 25.0 Å². The molecule has 0 bridgehead atoms. The van der Waals surface area contributed by atoms with Crippen molar-refractivity contribution in [3.8, 4) is 11.1 Å². The highest BCUT2D eigenvalue weighted by atomic mass is 32.2. The van der Waals surface area contributed by atoms with E-state index in [1.807, 2.05) is 55.7 Å². The normalized spacial score (nSPS) is 15.1. The largest absolute Gasteiger partial charge is 0.480 e. The van der Waals surface area contributed by atoms with Crippen LogP contribution in [0.2, 0.25) is 0 Å². The van der Waals surface area contributed by atoms with Crippen LogP contribution in [0.25, 0.3) is 11.1 Å². The summed E-state index contributed by atoms with van der Waals surface area (Å²) in [6, 6.07) is 12.7. The monoisotopic (exact) mass is 782 g/mol. The lowest BCUT2D eigenvalue weighted by Gasteiger charge is -2.41. The first kappa shape index (κ1) is 42.7. The van der Waals surface area contributed by atoms with E-state index in [0.29, 0.717) is 30.8 Å². The van der Waals surface area contributed by atoms with E-state index >= 15 is 4.39 Å². The maximum atomic E-state index is 15.1. The number of nitrogens with zero attached hydrogens (tertiary/aromatic N) is 3. The number of carbonyl (C=O) groups excluding carboxylic acids is 4. The first-order valence-corrected chi connectivity index (χ1v) is 19.0. The number of aromatic nitrogens is 1. The van der Waals surface area contributed by atoms with Crippen LogP contribution in [0.5, 0.6) is 0 Å². The van der Waals surface area contributed by atoms with E-state index in [1.165, 1.54) is 6.08 Å². The number of carboxylic acid groups (broad SMARTS) is 1. The molecule has 4 rings (SSSR count). The molecular formula is C39H48F2N6O7S. The zero-order chi connectivity index (χ0) is 40.3. The quantitative estimate of drug-likeness (QED) is 0.122. The second-order valence-electron chi connectivity index (χ2n) is 14.2. The fourth-order valence-electron chi connectivity index (χ4n) is 6.26. The third kappa shape index (κ3) is 12.0. The molecule has 0 aliphatic carbocycles. The van der Waals surface area contributed by atoms with E-state index in [1.54, 1.807) is 17.2 Å². The van der Waals surface area contributed by atoms with Crippen molar-refractivity contribution >= 4 is 41.4 Å². The first-order chi connectivity index (χ1) is 26.1. The number of benzene rings is 2. The Hall–Kier alpha value is -5.06. The molecule has 0 saturated heterocycles. The fourth-order valence-corrected chi connectivity index (χ4v) is 7.18. The van der Waals surface area contributed by atoms with Gasteiger partial charge in [0.05, 0.1) is 11.8 Å². The summed E-state index contributed by atoms with van der Waals surface area (Å²) < 4.78 is 31.3. The van der Waals surface area contributed by atoms with Crippen LogP contribution in [-0.2, 0) is 30.5 Å². The van der Waals surface area contributed by atoms with Gasteiger partial charge in [0.15, 0.2) is 0 Å². The standard InChI is InChI=1S/C39H48F2N6O7S/c1-39(2,3)37(31-18-26(28-19-27(40)10-11-29(28)41)21-45(31)20-25-8-5-4-6-9-25)46(17-7-15-42)36(52)24-55-23-30(38(53)54)44-32(48)14-16-43-33(49)22-47-34(50)12-13-35(47)51/h4-6,8-13,18-19,21,30,34,37,50H,7,14-17,20,22-24,42H2,1-3H3,(H,43,49)(H,44,48)(H,53,54)/t30-,34?,37-/m0/s1. The van der Waals surface area contributed by atoms with Gasteiger partial charge in [-0.2, -0.15) is 0 Å². The number of aliphatic carboxylic acids is 1. The molecule has 16 heteroatoms. The van der Waals surface area contributed by atoms with Crippen molar-refractivity contribution in [2.45, 2.75) is 58.5 Å². The molecule has 1 unspecified atom stereocenters. The van der Waals surface area contributed by atoms with Crippen LogP contribution >= 0.6 is 11.8 Å². The van der Waals surface area contributed by atoms with Crippen molar-refractivity contribution < 1.29 is 43.0 Å². The summed E-state index contributed by atoms with van der Waals surface area (Å²) >= 11 is 1.03. The zero-order valence-corrected chi connectivity index (χ0v) is 31.9. The predicted molar refractivity (Wildman–Crippen MR) is 204 cm³/mol. The summed E-state index contributed by atoms with van der Waals surface area (Å²) in [4.78, 5) is 65.3. The number of amides is 4. The number of nitrogens with one attached hydrogen (secondary N) is 2. The van der Waals surface area contributed by atoms with Gasteiger partial charge >= 0.3 is 5.97 Å². The van der Waals surface area contributed by atoms with Gasteiger partial charge in [0.25, 0.3) is 0 Å². The van der Waals surface area contributed by atoms with E-state index in [9.17, 15) is 38.6 Å². The van der Waals surface area contributed by atoms with Gasteiger partial charge in [0, 0.05) is 60.9 Å². The Morgan fingerprint density at radius 2 is 1.78 bits per heavy atom. The van der Waals surface area contributed by atoms with Crippen LogP contribution in [0.3, 0.4) is 0 Å². The molecule has 2 heterocycles. The number of thioether (sulfide) groups is 1. The Kier molecular flexibility index (Phi) is 15.1. The Labute approximate surface area is 322 Å².